The van der Waals surface area contributed by atoms with Crippen LogP contribution in [0.2, 0.25) is 0 Å². The number of sulfonamides is 1. The predicted octanol–water partition coefficient (Wildman–Crippen LogP) is 1.70. The van der Waals surface area contributed by atoms with E-state index in [-0.39, 0.29) is 6.04 Å². The lowest BCUT2D eigenvalue weighted by atomic mass is 9.61. The van der Waals surface area contributed by atoms with Crippen LogP contribution in [-0.2, 0) is 10.0 Å². The van der Waals surface area contributed by atoms with E-state index in [0.717, 1.165) is 12.8 Å². The highest BCUT2D eigenvalue weighted by Gasteiger charge is 2.45. The molecular formula is C10H21NO2S. The number of hydrogen-bond donors (Lipinski definition) is 0. The van der Waals surface area contributed by atoms with E-state index in [0.29, 0.717) is 11.3 Å². The van der Waals surface area contributed by atoms with Crippen LogP contribution in [0, 0.1) is 11.3 Å². The Morgan fingerprint density at radius 2 is 1.79 bits per heavy atom. The monoisotopic (exact) mass is 219 g/mol. The minimum atomic E-state index is -3.01. The van der Waals surface area contributed by atoms with Crippen LogP contribution in [0.15, 0.2) is 0 Å². The maximum atomic E-state index is 11.3. The Kier molecular flexibility index (Phi) is 2.99. The first-order valence-corrected chi connectivity index (χ1v) is 6.94. The van der Waals surface area contributed by atoms with E-state index < -0.39 is 10.0 Å². The normalized spacial score (nSPS) is 33.5. The smallest absolute Gasteiger partial charge is 0.211 e. The SMILES string of the molecule is CC(C)C1(C)CC(N(C)S(C)(=O)=O)C1. The number of nitrogens with zero attached hydrogens (tertiary/aromatic N) is 1. The van der Waals surface area contributed by atoms with Crippen LogP contribution in [-0.4, -0.2) is 32.1 Å². The Balaban J connectivity index is 2.58. The molecule has 0 aromatic rings. The predicted molar refractivity (Wildman–Crippen MR) is 58.6 cm³/mol. The molecule has 0 heterocycles. The van der Waals surface area contributed by atoms with Crippen molar-refractivity contribution < 1.29 is 8.42 Å². The van der Waals surface area contributed by atoms with Crippen molar-refractivity contribution in [2.24, 2.45) is 11.3 Å². The summed E-state index contributed by atoms with van der Waals surface area (Å²) in [5.41, 5.74) is 0.337. The maximum Gasteiger partial charge on any atom is 0.211 e. The largest absolute Gasteiger partial charge is 0.213 e. The lowest BCUT2D eigenvalue weighted by molar-refractivity contribution is 0.0228. The second-order valence-corrected chi connectivity index (χ2v) is 7.19. The van der Waals surface area contributed by atoms with E-state index in [1.165, 1.54) is 10.6 Å². The molecule has 0 amide bonds. The summed E-state index contributed by atoms with van der Waals surface area (Å²) in [5.74, 6) is 0.631. The third-order valence-electron chi connectivity index (χ3n) is 3.84. The molecule has 1 aliphatic rings. The summed E-state index contributed by atoms with van der Waals surface area (Å²) in [6.07, 6.45) is 3.26. The van der Waals surface area contributed by atoms with E-state index in [4.69, 9.17) is 0 Å². The first-order chi connectivity index (χ1) is 6.17. The van der Waals surface area contributed by atoms with Gasteiger partial charge < -0.3 is 0 Å². The molecule has 14 heavy (non-hydrogen) atoms. The first-order valence-electron chi connectivity index (χ1n) is 5.10. The summed E-state index contributed by atoms with van der Waals surface area (Å²) < 4.78 is 24.1. The second-order valence-electron chi connectivity index (χ2n) is 5.15. The summed E-state index contributed by atoms with van der Waals surface area (Å²) in [7, 11) is -1.33. The molecule has 0 unspecified atom stereocenters. The van der Waals surface area contributed by atoms with E-state index in [9.17, 15) is 8.42 Å². The Bertz CT molecular complexity index is 302. The minimum Gasteiger partial charge on any atom is -0.213 e. The Morgan fingerprint density at radius 3 is 2.07 bits per heavy atom. The van der Waals surface area contributed by atoms with Crippen molar-refractivity contribution in [2.75, 3.05) is 13.3 Å². The van der Waals surface area contributed by atoms with Gasteiger partial charge in [-0.3, -0.25) is 0 Å². The maximum absolute atomic E-state index is 11.3. The van der Waals surface area contributed by atoms with E-state index in [1.807, 2.05) is 0 Å². The topological polar surface area (TPSA) is 37.4 Å². The molecule has 84 valence electrons. The van der Waals surface area contributed by atoms with Gasteiger partial charge in [0.2, 0.25) is 10.0 Å². The van der Waals surface area contributed by atoms with Crippen LogP contribution in [0.4, 0.5) is 0 Å². The standard InChI is InChI=1S/C10H21NO2S/c1-8(2)10(3)6-9(7-10)11(4)14(5,12)13/h8-9H,6-7H2,1-5H3. The van der Waals surface area contributed by atoms with Crippen molar-refractivity contribution in [3.63, 3.8) is 0 Å². The van der Waals surface area contributed by atoms with E-state index in [1.54, 1.807) is 7.05 Å². The van der Waals surface area contributed by atoms with Crippen LogP contribution in [0.25, 0.3) is 0 Å². The molecular weight excluding hydrogens is 198 g/mol. The average molecular weight is 219 g/mol. The zero-order valence-corrected chi connectivity index (χ0v) is 10.6. The van der Waals surface area contributed by atoms with Crippen molar-refractivity contribution in [1.82, 2.24) is 4.31 Å². The van der Waals surface area contributed by atoms with Gasteiger partial charge in [0.15, 0.2) is 0 Å². The van der Waals surface area contributed by atoms with Gasteiger partial charge in [0.25, 0.3) is 0 Å². The summed E-state index contributed by atoms with van der Waals surface area (Å²) in [6, 6.07) is 0.220. The molecule has 0 bridgehead atoms. The molecule has 1 fully saturated rings. The van der Waals surface area contributed by atoms with Gasteiger partial charge in [-0.1, -0.05) is 20.8 Å². The molecule has 3 nitrogen and oxygen atoms in total. The summed E-state index contributed by atoms with van der Waals surface area (Å²) in [4.78, 5) is 0. The van der Waals surface area contributed by atoms with Crippen molar-refractivity contribution in [2.45, 2.75) is 39.7 Å². The highest BCUT2D eigenvalue weighted by molar-refractivity contribution is 7.88. The third-order valence-corrected chi connectivity index (χ3v) is 5.18. The van der Waals surface area contributed by atoms with Crippen molar-refractivity contribution in [3.05, 3.63) is 0 Å². The Morgan fingerprint density at radius 1 is 1.36 bits per heavy atom. The highest BCUT2D eigenvalue weighted by atomic mass is 32.2. The van der Waals surface area contributed by atoms with Crippen molar-refractivity contribution in [3.8, 4) is 0 Å². The molecule has 0 saturated heterocycles. The average Bonchev–Trinajstić information content (AvgIpc) is 1.95. The highest BCUT2D eigenvalue weighted by Crippen LogP contribution is 2.48. The lowest BCUT2D eigenvalue weighted by Gasteiger charge is -2.50. The minimum absolute atomic E-state index is 0.220. The molecule has 0 N–H and O–H groups in total. The van der Waals surface area contributed by atoms with E-state index in [2.05, 4.69) is 20.8 Å². The van der Waals surface area contributed by atoms with Crippen LogP contribution in [0.5, 0.6) is 0 Å². The van der Waals surface area contributed by atoms with Gasteiger partial charge >= 0.3 is 0 Å². The van der Waals surface area contributed by atoms with Crippen LogP contribution < -0.4 is 0 Å². The summed E-state index contributed by atoms with van der Waals surface area (Å²) >= 11 is 0. The second kappa shape index (κ2) is 3.49. The number of rotatable bonds is 3. The van der Waals surface area contributed by atoms with Gasteiger partial charge in [-0.2, -0.15) is 0 Å². The van der Waals surface area contributed by atoms with Gasteiger partial charge in [-0.25, -0.2) is 12.7 Å². The first kappa shape index (κ1) is 12.0. The fourth-order valence-electron chi connectivity index (χ4n) is 2.02. The van der Waals surface area contributed by atoms with Crippen LogP contribution in [0.1, 0.15) is 33.6 Å². The molecule has 0 aromatic heterocycles. The fraction of sp³-hybridized carbons (Fsp3) is 1.00. The third kappa shape index (κ3) is 2.11. The zero-order valence-electron chi connectivity index (χ0n) is 9.74. The Hall–Kier alpha value is -0.0900. The molecule has 4 heteroatoms. The van der Waals surface area contributed by atoms with Gasteiger partial charge in [0, 0.05) is 13.1 Å². The van der Waals surface area contributed by atoms with Crippen molar-refractivity contribution in [1.29, 1.82) is 0 Å². The molecule has 1 aliphatic carbocycles. The van der Waals surface area contributed by atoms with Gasteiger partial charge in [0.1, 0.15) is 0 Å². The van der Waals surface area contributed by atoms with Gasteiger partial charge in [-0.15, -0.1) is 0 Å². The molecule has 0 atom stereocenters. The van der Waals surface area contributed by atoms with Crippen LogP contribution >= 0.6 is 0 Å². The van der Waals surface area contributed by atoms with Crippen LogP contribution in [0.3, 0.4) is 0 Å². The van der Waals surface area contributed by atoms with Gasteiger partial charge in [0.05, 0.1) is 6.26 Å². The Labute approximate surface area is 87.5 Å². The summed E-state index contributed by atoms with van der Waals surface area (Å²) in [5, 5.41) is 0. The summed E-state index contributed by atoms with van der Waals surface area (Å²) in [6.45, 7) is 6.65. The molecule has 0 aromatic carbocycles. The quantitative estimate of drug-likeness (QED) is 0.724. The van der Waals surface area contributed by atoms with E-state index >= 15 is 0 Å². The molecule has 0 aliphatic heterocycles. The van der Waals surface area contributed by atoms with Crippen molar-refractivity contribution >= 4 is 10.0 Å². The number of hydrogen-bond acceptors (Lipinski definition) is 2. The molecule has 1 rings (SSSR count). The molecule has 0 radical (unpaired) electrons. The fourth-order valence-corrected chi connectivity index (χ4v) is 2.71. The van der Waals surface area contributed by atoms with Gasteiger partial charge in [-0.05, 0) is 24.2 Å². The zero-order chi connectivity index (χ0) is 11.1. The molecule has 1 saturated carbocycles. The lowest BCUT2D eigenvalue weighted by Crippen LogP contribution is -2.51. The molecule has 0 spiro atoms.